The van der Waals surface area contributed by atoms with Gasteiger partial charge in [0, 0.05) is 31.2 Å². The van der Waals surface area contributed by atoms with Crippen LogP contribution in [0.25, 0.3) is 0 Å². The van der Waals surface area contributed by atoms with Crippen LogP contribution in [0.1, 0.15) is 79.1 Å². The van der Waals surface area contributed by atoms with Gasteiger partial charge in [-0.2, -0.15) is 0 Å². The molecule has 1 spiro atoms. The molecular weight excluding hydrogens is 256 g/mol. The summed E-state index contributed by atoms with van der Waals surface area (Å²) >= 11 is 0. The van der Waals surface area contributed by atoms with Gasteiger partial charge in [-0.1, -0.05) is 47.0 Å². The summed E-state index contributed by atoms with van der Waals surface area (Å²) in [4.78, 5) is 2.87. The number of rotatable bonds is 1. The molecule has 2 aliphatic carbocycles. The predicted octanol–water partition coefficient (Wildman–Crippen LogP) is 4.20. The van der Waals surface area contributed by atoms with Gasteiger partial charge < -0.3 is 5.32 Å². The van der Waals surface area contributed by atoms with Gasteiger partial charge >= 0.3 is 0 Å². The van der Waals surface area contributed by atoms with Gasteiger partial charge in [0.15, 0.2) is 0 Å². The summed E-state index contributed by atoms with van der Waals surface area (Å²) in [5.41, 5.74) is 1.48. The first-order valence-electron chi connectivity index (χ1n) is 9.29. The van der Waals surface area contributed by atoms with Gasteiger partial charge in [-0.05, 0) is 42.9 Å². The van der Waals surface area contributed by atoms with Gasteiger partial charge in [-0.15, -0.1) is 0 Å². The summed E-state index contributed by atoms with van der Waals surface area (Å²) < 4.78 is 0. The first-order valence-corrected chi connectivity index (χ1v) is 9.29. The molecule has 0 unspecified atom stereocenters. The Labute approximate surface area is 132 Å². The Kier molecular flexibility index (Phi) is 4.16. The highest BCUT2D eigenvalue weighted by Crippen LogP contribution is 2.47. The van der Waals surface area contributed by atoms with Crippen molar-refractivity contribution in [3.8, 4) is 0 Å². The van der Waals surface area contributed by atoms with Crippen molar-refractivity contribution in [3.05, 3.63) is 0 Å². The number of hydrogen-bond donors (Lipinski definition) is 1. The highest BCUT2D eigenvalue weighted by molar-refractivity contribution is 5.01. The summed E-state index contributed by atoms with van der Waals surface area (Å²) in [6, 6.07) is 0.810. The van der Waals surface area contributed by atoms with E-state index in [1.807, 2.05) is 0 Å². The van der Waals surface area contributed by atoms with Crippen LogP contribution in [0.5, 0.6) is 0 Å². The molecule has 1 aliphatic heterocycles. The SMILES string of the molecule is CC1(C)CC(N2CCNC3(CCCCC3)C2)CC(C)(C)C1. The summed E-state index contributed by atoms with van der Waals surface area (Å²) in [6.45, 7) is 13.7. The Bertz CT molecular complexity index is 344. The number of nitrogens with zero attached hydrogens (tertiary/aromatic N) is 1. The highest BCUT2D eigenvalue weighted by atomic mass is 15.2. The van der Waals surface area contributed by atoms with Crippen LogP contribution in [0.2, 0.25) is 0 Å². The van der Waals surface area contributed by atoms with E-state index in [9.17, 15) is 0 Å². The standard InChI is InChI=1S/C19H36N2/c1-17(2)12-16(13-18(3,4)14-17)21-11-10-20-19(15-21)8-6-5-7-9-19/h16,20H,5-15H2,1-4H3. The number of hydrogen-bond acceptors (Lipinski definition) is 2. The van der Waals surface area contributed by atoms with Crippen LogP contribution in [0.3, 0.4) is 0 Å². The lowest BCUT2D eigenvalue weighted by Gasteiger charge is -2.53. The lowest BCUT2D eigenvalue weighted by molar-refractivity contribution is -0.00882. The Morgan fingerprint density at radius 3 is 2.14 bits per heavy atom. The fraction of sp³-hybridized carbons (Fsp3) is 1.00. The Balaban J connectivity index is 1.70. The van der Waals surface area contributed by atoms with Crippen molar-refractivity contribution < 1.29 is 0 Å². The molecule has 0 atom stereocenters. The van der Waals surface area contributed by atoms with E-state index < -0.39 is 0 Å². The molecule has 122 valence electrons. The van der Waals surface area contributed by atoms with Crippen molar-refractivity contribution in [1.29, 1.82) is 0 Å². The molecule has 0 bridgehead atoms. The normalized spacial score (nSPS) is 33.1. The fourth-order valence-corrected chi connectivity index (χ4v) is 5.91. The van der Waals surface area contributed by atoms with Crippen molar-refractivity contribution >= 4 is 0 Å². The van der Waals surface area contributed by atoms with Gasteiger partial charge in [0.05, 0.1) is 0 Å². The molecule has 0 aromatic heterocycles. The van der Waals surface area contributed by atoms with Gasteiger partial charge in [0.2, 0.25) is 0 Å². The van der Waals surface area contributed by atoms with Crippen LogP contribution in [0.15, 0.2) is 0 Å². The Morgan fingerprint density at radius 2 is 1.52 bits per heavy atom. The third-order valence-corrected chi connectivity index (χ3v) is 6.27. The second kappa shape index (κ2) is 5.53. The second-order valence-electron chi connectivity index (χ2n) is 9.81. The quantitative estimate of drug-likeness (QED) is 0.779. The van der Waals surface area contributed by atoms with Gasteiger partial charge in [-0.25, -0.2) is 0 Å². The lowest BCUT2D eigenvalue weighted by atomic mass is 9.63. The molecule has 3 fully saturated rings. The van der Waals surface area contributed by atoms with E-state index in [1.54, 1.807) is 0 Å². The molecule has 2 heteroatoms. The second-order valence-corrected chi connectivity index (χ2v) is 9.81. The first kappa shape index (κ1) is 15.8. The van der Waals surface area contributed by atoms with Crippen LogP contribution in [-0.4, -0.2) is 36.1 Å². The third kappa shape index (κ3) is 3.64. The van der Waals surface area contributed by atoms with Gasteiger partial charge in [0.1, 0.15) is 0 Å². The van der Waals surface area contributed by atoms with Crippen molar-refractivity contribution in [3.63, 3.8) is 0 Å². The van der Waals surface area contributed by atoms with Crippen molar-refractivity contribution in [2.75, 3.05) is 19.6 Å². The van der Waals surface area contributed by atoms with Crippen molar-refractivity contribution in [2.24, 2.45) is 10.8 Å². The van der Waals surface area contributed by atoms with Crippen molar-refractivity contribution in [2.45, 2.75) is 90.6 Å². The maximum Gasteiger partial charge on any atom is 0.0309 e. The minimum Gasteiger partial charge on any atom is -0.309 e. The van der Waals surface area contributed by atoms with Crippen LogP contribution in [0, 0.1) is 10.8 Å². The highest BCUT2D eigenvalue weighted by Gasteiger charge is 2.44. The molecule has 0 radical (unpaired) electrons. The van der Waals surface area contributed by atoms with E-state index in [0.717, 1.165) is 6.04 Å². The molecule has 1 heterocycles. The molecular formula is C19H36N2. The molecule has 21 heavy (non-hydrogen) atoms. The van der Waals surface area contributed by atoms with Crippen LogP contribution >= 0.6 is 0 Å². The van der Waals surface area contributed by atoms with Crippen molar-refractivity contribution in [1.82, 2.24) is 10.2 Å². The topological polar surface area (TPSA) is 15.3 Å². The molecule has 0 amide bonds. The van der Waals surface area contributed by atoms with E-state index in [-0.39, 0.29) is 0 Å². The molecule has 2 saturated carbocycles. The maximum absolute atomic E-state index is 3.90. The molecule has 1 N–H and O–H groups in total. The van der Waals surface area contributed by atoms with Crippen LogP contribution in [0.4, 0.5) is 0 Å². The number of piperazine rings is 1. The molecule has 0 aromatic rings. The lowest BCUT2D eigenvalue weighted by Crippen LogP contribution is -2.64. The smallest absolute Gasteiger partial charge is 0.0309 e. The zero-order valence-electron chi connectivity index (χ0n) is 14.8. The van der Waals surface area contributed by atoms with E-state index in [2.05, 4.69) is 37.9 Å². The average Bonchev–Trinajstić information content (AvgIpc) is 2.36. The maximum atomic E-state index is 3.90. The van der Waals surface area contributed by atoms with Gasteiger partial charge in [0.25, 0.3) is 0 Å². The zero-order chi connectivity index (χ0) is 15.1. The molecule has 0 aromatic carbocycles. The molecule has 2 nitrogen and oxygen atoms in total. The predicted molar refractivity (Wildman–Crippen MR) is 90.6 cm³/mol. The van der Waals surface area contributed by atoms with Crippen LogP contribution in [-0.2, 0) is 0 Å². The first-order chi connectivity index (χ1) is 9.79. The average molecular weight is 293 g/mol. The Hall–Kier alpha value is -0.0800. The summed E-state index contributed by atoms with van der Waals surface area (Å²) in [5, 5.41) is 3.90. The third-order valence-electron chi connectivity index (χ3n) is 6.27. The number of nitrogens with one attached hydrogen (secondary N) is 1. The monoisotopic (exact) mass is 292 g/mol. The largest absolute Gasteiger partial charge is 0.309 e. The summed E-state index contributed by atoms with van der Waals surface area (Å²) in [6.07, 6.45) is 11.3. The summed E-state index contributed by atoms with van der Waals surface area (Å²) in [5.74, 6) is 0. The molecule has 1 saturated heterocycles. The van der Waals surface area contributed by atoms with E-state index in [4.69, 9.17) is 0 Å². The van der Waals surface area contributed by atoms with E-state index in [1.165, 1.54) is 71.0 Å². The fourth-order valence-electron chi connectivity index (χ4n) is 5.91. The summed E-state index contributed by atoms with van der Waals surface area (Å²) in [7, 11) is 0. The molecule has 3 rings (SSSR count). The van der Waals surface area contributed by atoms with Gasteiger partial charge in [-0.3, -0.25) is 4.90 Å². The Morgan fingerprint density at radius 1 is 0.905 bits per heavy atom. The van der Waals surface area contributed by atoms with Crippen LogP contribution < -0.4 is 5.32 Å². The van der Waals surface area contributed by atoms with E-state index in [0.29, 0.717) is 16.4 Å². The zero-order valence-corrected chi connectivity index (χ0v) is 14.8. The molecule has 3 aliphatic rings. The minimum atomic E-state index is 0.461. The van der Waals surface area contributed by atoms with E-state index >= 15 is 0 Å². The minimum absolute atomic E-state index is 0.461.